The largest absolute Gasteiger partial charge is 0.481 e. The average Bonchev–Trinajstić information content (AvgIpc) is 2.48. The van der Waals surface area contributed by atoms with Crippen molar-refractivity contribution in [3.8, 4) is 11.1 Å². The third-order valence-electron chi connectivity index (χ3n) is 3.17. The molecule has 22 heavy (non-hydrogen) atoms. The number of rotatable bonds is 5. The van der Waals surface area contributed by atoms with E-state index in [2.05, 4.69) is 5.32 Å². The monoisotopic (exact) mass is 317 g/mol. The maximum atomic E-state index is 11.8. The number of amides is 1. The number of anilines is 1. The van der Waals surface area contributed by atoms with Gasteiger partial charge in [0.25, 0.3) is 0 Å². The third kappa shape index (κ3) is 4.09. The fourth-order valence-corrected chi connectivity index (χ4v) is 2.11. The van der Waals surface area contributed by atoms with E-state index < -0.39 is 11.3 Å². The Morgan fingerprint density at radius 3 is 2.36 bits per heavy atom. The van der Waals surface area contributed by atoms with E-state index in [9.17, 15) is 9.59 Å². The summed E-state index contributed by atoms with van der Waals surface area (Å²) in [5.41, 5.74) is 3.15. The number of carbonyl (C=O) groups excluding carboxylic acids is 1. The highest BCUT2D eigenvalue weighted by Crippen LogP contribution is 2.28. The highest BCUT2D eigenvalue weighted by atomic mass is 35.5. The maximum Gasteiger partial charge on any atom is 0.307 e. The van der Waals surface area contributed by atoms with Gasteiger partial charge in [-0.05, 0) is 24.1 Å². The van der Waals surface area contributed by atoms with Crippen molar-refractivity contribution < 1.29 is 14.7 Å². The van der Waals surface area contributed by atoms with Crippen LogP contribution in [0.25, 0.3) is 11.1 Å². The van der Waals surface area contributed by atoms with Crippen molar-refractivity contribution >= 4 is 29.2 Å². The van der Waals surface area contributed by atoms with Gasteiger partial charge in [0, 0.05) is 11.3 Å². The van der Waals surface area contributed by atoms with Crippen LogP contribution in [0.15, 0.2) is 48.5 Å². The molecule has 5 heteroatoms. The van der Waals surface area contributed by atoms with E-state index in [-0.39, 0.29) is 12.3 Å². The van der Waals surface area contributed by atoms with Gasteiger partial charge in [-0.3, -0.25) is 9.59 Å². The standard InChI is InChI=1S/C17H16ClNO3/c1-11(18)17(22)19-15-5-3-2-4-14(15)13-8-6-12(7-9-13)10-16(20)21/h2-9,11H,10H2,1H3,(H,19,22)(H,20,21). The number of carboxylic acid groups (broad SMARTS) is 1. The molecular formula is C17H16ClNO3. The number of hydrogen-bond donors (Lipinski definition) is 2. The summed E-state index contributed by atoms with van der Waals surface area (Å²) in [6.45, 7) is 1.61. The zero-order valence-electron chi connectivity index (χ0n) is 12.0. The second-order valence-corrected chi connectivity index (χ2v) is 5.57. The lowest BCUT2D eigenvalue weighted by atomic mass is 10.0. The average molecular weight is 318 g/mol. The summed E-state index contributed by atoms with van der Waals surface area (Å²) in [5, 5.41) is 11.0. The van der Waals surface area contributed by atoms with Crippen molar-refractivity contribution in [2.75, 3.05) is 5.32 Å². The van der Waals surface area contributed by atoms with Gasteiger partial charge >= 0.3 is 5.97 Å². The molecule has 0 heterocycles. The minimum absolute atomic E-state index is 0.0115. The summed E-state index contributed by atoms with van der Waals surface area (Å²) in [7, 11) is 0. The van der Waals surface area contributed by atoms with Gasteiger partial charge < -0.3 is 10.4 Å². The Morgan fingerprint density at radius 2 is 1.77 bits per heavy atom. The summed E-state index contributed by atoms with van der Waals surface area (Å²) in [6, 6.07) is 14.6. The molecule has 1 unspecified atom stereocenters. The molecule has 0 fully saturated rings. The number of alkyl halides is 1. The molecule has 114 valence electrons. The number of halogens is 1. The van der Waals surface area contributed by atoms with Gasteiger partial charge in [-0.15, -0.1) is 11.6 Å². The Balaban J connectivity index is 2.28. The lowest BCUT2D eigenvalue weighted by molar-refractivity contribution is -0.136. The number of carbonyl (C=O) groups is 2. The number of nitrogens with one attached hydrogen (secondary N) is 1. The Morgan fingerprint density at radius 1 is 1.14 bits per heavy atom. The molecule has 0 radical (unpaired) electrons. The molecule has 0 saturated carbocycles. The second-order valence-electron chi connectivity index (χ2n) is 4.92. The maximum absolute atomic E-state index is 11.8. The lowest BCUT2D eigenvalue weighted by Crippen LogP contribution is -2.20. The zero-order chi connectivity index (χ0) is 16.1. The van der Waals surface area contributed by atoms with Gasteiger partial charge in [-0.1, -0.05) is 42.5 Å². The van der Waals surface area contributed by atoms with Gasteiger partial charge in [-0.2, -0.15) is 0 Å². The first-order valence-electron chi connectivity index (χ1n) is 6.82. The molecule has 0 aliphatic rings. The van der Waals surface area contributed by atoms with Crippen molar-refractivity contribution in [1.29, 1.82) is 0 Å². The third-order valence-corrected chi connectivity index (χ3v) is 3.36. The molecule has 2 aromatic rings. The molecule has 1 amide bonds. The summed E-state index contributed by atoms with van der Waals surface area (Å²) in [5.74, 6) is -1.13. The van der Waals surface area contributed by atoms with Crippen LogP contribution in [0.2, 0.25) is 0 Å². The minimum Gasteiger partial charge on any atom is -0.481 e. The molecule has 0 aliphatic heterocycles. The quantitative estimate of drug-likeness (QED) is 0.829. The molecule has 0 bridgehead atoms. The molecule has 0 aromatic heterocycles. The van der Waals surface area contributed by atoms with Gasteiger partial charge in [-0.25, -0.2) is 0 Å². The fourth-order valence-electron chi connectivity index (χ4n) is 2.05. The topological polar surface area (TPSA) is 66.4 Å². The van der Waals surface area contributed by atoms with Gasteiger partial charge in [0.1, 0.15) is 5.38 Å². The van der Waals surface area contributed by atoms with Crippen LogP contribution >= 0.6 is 11.6 Å². The van der Waals surface area contributed by atoms with Crippen molar-refractivity contribution in [2.45, 2.75) is 18.7 Å². The molecule has 0 saturated heterocycles. The number of para-hydroxylation sites is 1. The molecule has 4 nitrogen and oxygen atoms in total. The summed E-state index contributed by atoms with van der Waals surface area (Å²) < 4.78 is 0. The van der Waals surface area contributed by atoms with Crippen LogP contribution in [0.1, 0.15) is 12.5 Å². The SMILES string of the molecule is CC(Cl)C(=O)Nc1ccccc1-c1ccc(CC(=O)O)cc1. The Hall–Kier alpha value is -2.33. The highest BCUT2D eigenvalue weighted by Gasteiger charge is 2.12. The highest BCUT2D eigenvalue weighted by molar-refractivity contribution is 6.32. The predicted octanol–water partition coefficient (Wildman–Crippen LogP) is 3.55. The number of benzene rings is 2. The van der Waals surface area contributed by atoms with Gasteiger partial charge in [0.05, 0.1) is 6.42 Å². The molecule has 2 rings (SSSR count). The van der Waals surface area contributed by atoms with Gasteiger partial charge in [0.15, 0.2) is 0 Å². The van der Waals surface area contributed by atoms with Crippen LogP contribution in [0.4, 0.5) is 5.69 Å². The first-order chi connectivity index (χ1) is 10.5. The van der Waals surface area contributed by atoms with Crippen molar-refractivity contribution in [1.82, 2.24) is 0 Å². The van der Waals surface area contributed by atoms with Crippen LogP contribution in [-0.4, -0.2) is 22.4 Å². The van der Waals surface area contributed by atoms with Gasteiger partial charge in [0.2, 0.25) is 5.91 Å². The fraction of sp³-hybridized carbons (Fsp3) is 0.176. The summed E-state index contributed by atoms with van der Waals surface area (Å²) in [4.78, 5) is 22.5. The molecule has 0 spiro atoms. The first kappa shape index (κ1) is 16.0. The molecule has 0 aliphatic carbocycles. The first-order valence-corrected chi connectivity index (χ1v) is 7.26. The van der Waals surface area contributed by atoms with E-state index in [1.165, 1.54) is 0 Å². The van der Waals surface area contributed by atoms with Crippen LogP contribution < -0.4 is 5.32 Å². The van der Waals surface area contributed by atoms with E-state index in [1.807, 2.05) is 30.3 Å². The minimum atomic E-state index is -0.864. The predicted molar refractivity (Wildman–Crippen MR) is 87.2 cm³/mol. The number of hydrogen-bond acceptors (Lipinski definition) is 2. The van der Waals surface area contributed by atoms with E-state index >= 15 is 0 Å². The molecule has 1 atom stereocenters. The van der Waals surface area contributed by atoms with Crippen LogP contribution in [0.3, 0.4) is 0 Å². The molecule has 2 N–H and O–H groups in total. The molecular weight excluding hydrogens is 302 g/mol. The van der Waals surface area contributed by atoms with Crippen LogP contribution in [0.5, 0.6) is 0 Å². The number of carboxylic acids is 1. The second kappa shape index (κ2) is 7.09. The van der Waals surface area contributed by atoms with E-state index in [1.54, 1.807) is 25.1 Å². The van der Waals surface area contributed by atoms with Crippen molar-refractivity contribution in [3.63, 3.8) is 0 Å². The van der Waals surface area contributed by atoms with Crippen molar-refractivity contribution in [2.24, 2.45) is 0 Å². The smallest absolute Gasteiger partial charge is 0.307 e. The number of aliphatic carboxylic acids is 1. The molecule has 2 aromatic carbocycles. The normalized spacial score (nSPS) is 11.7. The Bertz CT molecular complexity index is 681. The lowest BCUT2D eigenvalue weighted by Gasteiger charge is -2.12. The van der Waals surface area contributed by atoms with Crippen LogP contribution in [0, 0.1) is 0 Å². The van der Waals surface area contributed by atoms with Crippen molar-refractivity contribution in [3.05, 3.63) is 54.1 Å². The summed E-state index contributed by atoms with van der Waals surface area (Å²) >= 11 is 5.78. The Labute approximate surface area is 133 Å². The van der Waals surface area contributed by atoms with E-state index in [0.717, 1.165) is 16.7 Å². The zero-order valence-corrected chi connectivity index (χ0v) is 12.8. The Kier molecular flexibility index (Phi) is 5.17. The summed E-state index contributed by atoms with van der Waals surface area (Å²) in [6.07, 6.45) is -0.0115. The van der Waals surface area contributed by atoms with E-state index in [4.69, 9.17) is 16.7 Å². The van der Waals surface area contributed by atoms with Crippen LogP contribution in [-0.2, 0) is 16.0 Å². The van der Waals surface area contributed by atoms with E-state index in [0.29, 0.717) is 5.69 Å².